The molecule has 1 aliphatic heterocycles. The molecule has 0 radical (unpaired) electrons. The molecule has 1 saturated heterocycles. The van der Waals surface area contributed by atoms with Gasteiger partial charge in [0.05, 0.1) is 12.5 Å². The number of rotatable bonds is 6. The fraction of sp³-hybridized carbons (Fsp3) is 0.545. The van der Waals surface area contributed by atoms with E-state index in [0.29, 0.717) is 11.9 Å². The van der Waals surface area contributed by atoms with Gasteiger partial charge in [-0.15, -0.1) is 0 Å². The number of aromatic nitrogens is 2. The van der Waals surface area contributed by atoms with Crippen LogP contribution in [0.2, 0.25) is 0 Å². The zero-order valence-electron chi connectivity index (χ0n) is 16.4. The lowest BCUT2D eigenvalue weighted by molar-refractivity contribution is -0.138. The smallest absolute Gasteiger partial charge is 0.233 e. The van der Waals surface area contributed by atoms with Crippen molar-refractivity contribution in [3.8, 4) is 5.75 Å². The topological polar surface area (TPSA) is 47.4 Å². The Kier molecular flexibility index (Phi) is 4.94. The Hall–Kier alpha value is -2.30. The van der Waals surface area contributed by atoms with Gasteiger partial charge in [-0.05, 0) is 63.1 Å². The third kappa shape index (κ3) is 3.47. The van der Waals surface area contributed by atoms with E-state index < -0.39 is 0 Å². The molecular weight excluding hydrogens is 338 g/mol. The molecule has 0 unspecified atom stereocenters. The first kappa shape index (κ1) is 18.1. The van der Waals surface area contributed by atoms with Crippen molar-refractivity contribution in [3.05, 3.63) is 48.0 Å². The van der Waals surface area contributed by atoms with Crippen LogP contribution in [0.5, 0.6) is 5.75 Å². The lowest BCUT2D eigenvalue weighted by atomic mass is 9.90. The highest BCUT2D eigenvalue weighted by molar-refractivity contribution is 5.91. The van der Waals surface area contributed by atoms with Crippen LogP contribution in [0, 0.1) is 6.92 Å². The molecule has 1 aromatic carbocycles. The lowest BCUT2D eigenvalue weighted by Gasteiger charge is -2.38. The van der Waals surface area contributed by atoms with E-state index in [0.717, 1.165) is 62.3 Å². The SMILES string of the molecule is COc1ccc(C2(C(=O)N3CCCC[C@H]3CCn3ccnc3C)CC2)cc1. The summed E-state index contributed by atoms with van der Waals surface area (Å²) in [5.74, 6) is 2.22. The van der Waals surface area contributed by atoms with Gasteiger partial charge in [0, 0.05) is 31.5 Å². The Morgan fingerprint density at radius 3 is 2.67 bits per heavy atom. The van der Waals surface area contributed by atoms with Crippen LogP contribution in [-0.2, 0) is 16.8 Å². The van der Waals surface area contributed by atoms with Crippen molar-refractivity contribution >= 4 is 5.91 Å². The fourth-order valence-electron chi connectivity index (χ4n) is 4.43. The van der Waals surface area contributed by atoms with E-state index in [-0.39, 0.29) is 5.41 Å². The van der Waals surface area contributed by atoms with Gasteiger partial charge in [-0.1, -0.05) is 12.1 Å². The van der Waals surface area contributed by atoms with Crippen LogP contribution in [0.3, 0.4) is 0 Å². The number of hydrogen-bond acceptors (Lipinski definition) is 3. The van der Waals surface area contributed by atoms with Gasteiger partial charge in [-0.3, -0.25) is 4.79 Å². The maximum atomic E-state index is 13.6. The molecule has 1 aliphatic carbocycles. The quantitative estimate of drug-likeness (QED) is 0.782. The van der Waals surface area contributed by atoms with E-state index in [1.807, 2.05) is 31.5 Å². The Bertz CT molecular complexity index is 792. The third-order valence-electron chi connectivity index (χ3n) is 6.32. The first-order valence-corrected chi connectivity index (χ1v) is 10.1. The highest BCUT2D eigenvalue weighted by atomic mass is 16.5. The molecular formula is C22H29N3O2. The molecule has 4 rings (SSSR count). The lowest BCUT2D eigenvalue weighted by Crippen LogP contribution is -2.48. The van der Waals surface area contributed by atoms with Crippen molar-refractivity contribution in [1.82, 2.24) is 14.5 Å². The largest absolute Gasteiger partial charge is 0.497 e. The van der Waals surface area contributed by atoms with Crippen molar-refractivity contribution in [1.29, 1.82) is 0 Å². The van der Waals surface area contributed by atoms with Crippen molar-refractivity contribution in [2.45, 2.75) is 63.5 Å². The molecule has 0 bridgehead atoms. The van der Waals surface area contributed by atoms with E-state index in [2.05, 4.69) is 26.6 Å². The van der Waals surface area contributed by atoms with E-state index in [1.165, 1.54) is 6.42 Å². The first-order valence-electron chi connectivity index (χ1n) is 10.1. The maximum absolute atomic E-state index is 13.6. The van der Waals surface area contributed by atoms with Crippen LogP contribution in [-0.4, -0.2) is 40.1 Å². The number of carbonyl (C=O) groups excluding carboxylic acids is 1. The summed E-state index contributed by atoms with van der Waals surface area (Å²) in [7, 11) is 1.67. The highest BCUT2D eigenvalue weighted by Crippen LogP contribution is 2.50. The van der Waals surface area contributed by atoms with E-state index >= 15 is 0 Å². The van der Waals surface area contributed by atoms with Gasteiger partial charge in [0.25, 0.3) is 0 Å². The summed E-state index contributed by atoms with van der Waals surface area (Å²) in [6.07, 6.45) is 10.2. The number of amides is 1. The Labute approximate surface area is 161 Å². The van der Waals surface area contributed by atoms with E-state index in [4.69, 9.17) is 4.74 Å². The molecule has 5 nitrogen and oxygen atoms in total. The van der Waals surface area contributed by atoms with Crippen molar-refractivity contribution < 1.29 is 9.53 Å². The van der Waals surface area contributed by atoms with Crippen LogP contribution in [0.25, 0.3) is 0 Å². The summed E-state index contributed by atoms with van der Waals surface area (Å²) < 4.78 is 7.46. The minimum Gasteiger partial charge on any atom is -0.497 e. The van der Waals surface area contributed by atoms with Gasteiger partial charge in [-0.2, -0.15) is 0 Å². The molecule has 1 aromatic heterocycles. The average Bonchev–Trinajstić information content (AvgIpc) is 3.42. The second-order valence-corrected chi connectivity index (χ2v) is 7.92. The summed E-state index contributed by atoms with van der Waals surface area (Å²) in [6.45, 7) is 3.85. The molecule has 2 aliphatic rings. The monoisotopic (exact) mass is 367 g/mol. The zero-order valence-corrected chi connectivity index (χ0v) is 16.4. The summed E-state index contributed by atoms with van der Waals surface area (Å²) in [5.41, 5.74) is 0.843. The molecule has 2 fully saturated rings. The molecule has 1 amide bonds. The van der Waals surface area contributed by atoms with Crippen LogP contribution in [0.15, 0.2) is 36.7 Å². The summed E-state index contributed by atoms with van der Waals surface area (Å²) in [6, 6.07) is 8.41. The van der Waals surface area contributed by atoms with Crippen LogP contribution >= 0.6 is 0 Å². The van der Waals surface area contributed by atoms with Gasteiger partial charge < -0.3 is 14.2 Å². The summed E-state index contributed by atoms with van der Waals surface area (Å²) in [4.78, 5) is 20.0. The molecule has 0 N–H and O–H groups in total. The van der Waals surface area contributed by atoms with Gasteiger partial charge in [0.15, 0.2) is 0 Å². The van der Waals surface area contributed by atoms with Gasteiger partial charge in [0.2, 0.25) is 5.91 Å². The van der Waals surface area contributed by atoms with Gasteiger partial charge >= 0.3 is 0 Å². The average molecular weight is 367 g/mol. The molecule has 2 aromatic rings. The maximum Gasteiger partial charge on any atom is 0.233 e. The number of methoxy groups -OCH3 is 1. The number of aryl methyl sites for hydroxylation is 2. The second-order valence-electron chi connectivity index (χ2n) is 7.92. The number of piperidine rings is 1. The van der Waals surface area contributed by atoms with Crippen LogP contribution in [0.1, 0.15) is 49.9 Å². The number of imidazole rings is 1. The van der Waals surface area contributed by atoms with Crippen molar-refractivity contribution in [2.24, 2.45) is 0 Å². The standard InChI is InChI=1S/C22H29N3O2/c1-17-23-13-16-24(17)15-10-19-5-3-4-14-25(19)21(26)22(11-12-22)18-6-8-20(27-2)9-7-18/h6-9,13,16,19H,3-5,10-12,14-15H2,1-2H3/t19-/m0/s1. The minimum atomic E-state index is -0.299. The Balaban J connectivity index is 1.49. The van der Waals surface area contributed by atoms with E-state index in [9.17, 15) is 4.79 Å². The Morgan fingerprint density at radius 2 is 2.04 bits per heavy atom. The normalized spacial score (nSPS) is 21.1. The molecule has 5 heteroatoms. The van der Waals surface area contributed by atoms with Crippen molar-refractivity contribution in [3.63, 3.8) is 0 Å². The molecule has 2 heterocycles. The minimum absolute atomic E-state index is 0.299. The molecule has 27 heavy (non-hydrogen) atoms. The number of hydrogen-bond donors (Lipinski definition) is 0. The zero-order chi connectivity index (χ0) is 18.9. The predicted molar refractivity (Wildman–Crippen MR) is 105 cm³/mol. The third-order valence-corrected chi connectivity index (χ3v) is 6.32. The van der Waals surface area contributed by atoms with Crippen molar-refractivity contribution in [2.75, 3.05) is 13.7 Å². The van der Waals surface area contributed by atoms with Crippen LogP contribution < -0.4 is 4.74 Å². The number of ether oxygens (including phenoxy) is 1. The summed E-state index contributed by atoms with van der Waals surface area (Å²) in [5, 5.41) is 0. The number of likely N-dealkylation sites (tertiary alicyclic amines) is 1. The van der Waals surface area contributed by atoms with Gasteiger partial charge in [0.1, 0.15) is 11.6 Å². The van der Waals surface area contributed by atoms with Gasteiger partial charge in [-0.25, -0.2) is 4.98 Å². The highest BCUT2D eigenvalue weighted by Gasteiger charge is 2.53. The predicted octanol–water partition coefficient (Wildman–Crippen LogP) is 3.70. The number of nitrogens with zero attached hydrogens (tertiary/aromatic N) is 3. The molecule has 1 saturated carbocycles. The fourth-order valence-corrected chi connectivity index (χ4v) is 4.43. The molecule has 1 atom stereocenters. The molecule has 144 valence electrons. The number of carbonyl (C=O) groups is 1. The summed E-state index contributed by atoms with van der Waals surface area (Å²) >= 11 is 0. The number of benzene rings is 1. The first-order chi connectivity index (χ1) is 13.1. The van der Waals surface area contributed by atoms with Crippen LogP contribution in [0.4, 0.5) is 0 Å². The molecule has 0 spiro atoms. The van der Waals surface area contributed by atoms with E-state index in [1.54, 1.807) is 7.11 Å². The second kappa shape index (κ2) is 7.37. The Morgan fingerprint density at radius 1 is 1.26 bits per heavy atom.